The lowest BCUT2D eigenvalue weighted by atomic mass is 9.80. The summed E-state index contributed by atoms with van der Waals surface area (Å²) < 4.78 is 12.3. The summed E-state index contributed by atoms with van der Waals surface area (Å²) in [4.78, 5) is 7.50. The van der Waals surface area contributed by atoms with Crippen LogP contribution in [0.4, 0.5) is 0 Å². The van der Waals surface area contributed by atoms with Gasteiger partial charge in [-0.15, -0.1) is 0 Å². The number of phenolic OH excluding ortho intramolecular Hbond substituents is 1. The predicted octanol–water partition coefficient (Wildman–Crippen LogP) is 6.14. The van der Waals surface area contributed by atoms with Gasteiger partial charge in [-0.05, 0) is 117 Å². The number of aliphatic imine (C=N–C) groups is 1. The highest BCUT2D eigenvalue weighted by Gasteiger charge is 2.38. The number of fused-ring (bicyclic) bond motifs is 2. The van der Waals surface area contributed by atoms with E-state index in [2.05, 4.69) is 33.6 Å². The van der Waals surface area contributed by atoms with Crippen LogP contribution in [0.25, 0.3) is 0 Å². The SMILES string of the molecule is CN=C(N)NCC(C)CCCC(CCN)CCCCc1oc(CCc2ccc(O)c(OCC(O)c3cc4c([nH]3)CCC3CCCC3C4CNCC(C)O)c2)cc1CO. The molecular formula is C46H74N6O6. The van der Waals surface area contributed by atoms with Gasteiger partial charge in [0, 0.05) is 62.4 Å². The summed E-state index contributed by atoms with van der Waals surface area (Å²) in [6.07, 6.45) is 14.5. The van der Waals surface area contributed by atoms with E-state index in [1.54, 1.807) is 20.0 Å². The second-order valence-electron chi connectivity index (χ2n) is 17.3. The number of nitrogens with zero attached hydrogens (tertiary/aromatic N) is 1. The van der Waals surface area contributed by atoms with Crippen molar-refractivity contribution in [3.8, 4) is 11.5 Å². The van der Waals surface area contributed by atoms with E-state index in [-0.39, 0.29) is 19.0 Å². The van der Waals surface area contributed by atoms with E-state index < -0.39 is 12.2 Å². The molecule has 12 nitrogen and oxygen atoms in total. The van der Waals surface area contributed by atoms with Crippen LogP contribution < -0.4 is 26.8 Å². The van der Waals surface area contributed by atoms with Gasteiger partial charge in [-0.3, -0.25) is 4.99 Å². The molecule has 0 aliphatic heterocycles. The number of aromatic nitrogens is 1. The Morgan fingerprint density at radius 1 is 1.00 bits per heavy atom. The first-order valence-corrected chi connectivity index (χ1v) is 22.2. The molecule has 1 saturated carbocycles. The highest BCUT2D eigenvalue weighted by Crippen LogP contribution is 2.47. The number of rotatable bonds is 25. The lowest BCUT2D eigenvalue weighted by Gasteiger charge is -2.27. The van der Waals surface area contributed by atoms with Crippen molar-refractivity contribution in [3.05, 3.63) is 69.9 Å². The monoisotopic (exact) mass is 807 g/mol. The van der Waals surface area contributed by atoms with Gasteiger partial charge in [-0.25, -0.2) is 0 Å². The van der Waals surface area contributed by atoms with Gasteiger partial charge in [0.1, 0.15) is 24.2 Å². The zero-order chi connectivity index (χ0) is 41.4. The molecule has 3 aromatic rings. The second-order valence-corrected chi connectivity index (χ2v) is 17.3. The van der Waals surface area contributed by atoms with Gasteiger partial charge in [0.05, 0.1) is 12.7 Å². The smallest absolute Gasteiger partial charge is 0.188 e. The first-order valence-electron chi connectivity index (χ1n) is 22.2. The van der Waals surface area contributed by atoms with E-state index in [9.17, 15) is 20.4 Å². The van der Waals surface area contributed by atoms with E-state index in [0.29, 0.717) is 61.3 Å². The first kappa shape index (κ1) is 45.5. The maximum absolute atomic E-state index is 11.3. The van der Waals surface area contributed by atoms with Crippen LogP contribution in [0.2, 0.25) is 0 Å². The number of phenols is 1. The average Bonchev–Trinajstić information content (AvgIpc) is 3.95. The number of H-pyrrole nitrogens is 1. The Morgan fingerprint density at radius 2 is 1.83 bits per heavy atom. The molecule has 1 fully saturated rings. The zero-order valence-electron chi connectivity index (χ0n) is 35.5. The molecule has 0 saturated heterocycles. The largest absolute Gasteiger partial charge is 0.504 e. The molecule has 2 aliphatic carbocycles. The number of aromatic hydroxyl groups is 1. The maximum atomic E-state index is 11.3. The second kappa shape index (κ2) is 23.3. The fourth-order valence-electron chi connectivity index (χ4n) is 9.43. The third kappa shape index (κ3) is 13.5. The summed E-state index contributed by atoms with van der Waals surface area (Å²) in [6.45, 7) is 6.92. The van der Waals surface area contributed by atoms with E-state index in [1.165, 1.54) is 43.4 Å². The molecule has 1 aromatic carbocycles. The average molecular weight is 807 g/mol. The van der Waals surface area contributed by atoms with Crippen molar-refractivity contribution in [1.82, 2.24) is 15.6 Å². The molecule has 58 heavy (non-hydrogen) atoms. The number of benzene rings is 1. The normalized spacial score (nSPS) is 20.3. The highest BCUT2D eigenvalue weighted by atomic mass is 16.5. The minimum atomic E-state index is -0.881. The van der Waals surface area contributed by atoms with Crippen LogP contribution in [-0.2, 0) is 32.3 Å². The Hall–Kier alpha value is -3.55. The Balaban J connectivity index is 1.09. The van der Waals surface area contributed by atoms with E-state index in [4.69, 9.17) is 20.6 Å². The maximum Gasteiger partial charge on any atom is 0.188 e. The minimum Gasteiger partial charge on any atom is -0.504 e. The number of unbranched alkanes of at least 4 members (excludes halogenated alkanes) is 1. The van der Waals surface area contributed by atoms with Crippen molar-refractivity contribution in [2.24, 2.45) is 40.1 Å². The summed E-state index contributed by atoms with van der Waals surface area (Å²) >= 11 is 0. The molecule has 0 bridgehead atoms. The number of hydrogen-bond acceptors (Lipinski definition) is 9. The molecule has 2 heterocycles. The third-order valence-electron chi connectivity index (χ3n) is 12.7. The number of hydrogen-bond donors (Lipinski definition) is 9. The lowest BCUT2D eigenvalue weighted by molar-refractivity contribution is 0.103. The number of aliphatic hydroxyl groups excluding tert-OH is 3. The summed E-state index contributed by atoms with van der Waals surface area (Å²) in [5.41, 5.74) is 16.8. The van der Waals surface area contributed by atoms with Gasteiger partial charge < -0.3 is 56.7 Å². The quantitative estimate of drug-likeness (QED) is 0.0272. The van der Waals surface area contributed by atoms with Gasteiger partial charge >= 0.3 is 0 Å². The van der Waals surface area contributed by atoms with Gasteiger partial charge in [0.2, 0.25) is 0 Å². The van der Waals surface area contributed by atoms with E-state index >= 15 is 0 Å². The Kier molecular flexibility index (Phi) is 18.3. The standard InChI is InChI=1S/C46H74N6O6/c1-30(25-51-46(48)49-3)8-6-10-32(20-21-47)9-4-5-13-44-35(28-53)23-36(58-44)17-14-33-15-19-42(55)45(22-33)57-29-43(56)41-24-38-39(27-50-26-31(2)54)37-12-7-11-34(37)16-18-40(38)52-41/h15,19,22-24,30-32,34,37,39,43,50,52-56H,4-14,16-18,20-21,25-29,47H2,1-3H3,(H3,48,49,51). The number of furan rings is 1. The number of nitrogens with two attached hydrogens (primary N) is 2. The van der Waals surface area contributed by atoms with E-state index in [0.717, 1.165) is 98.7 Å². The van der Waals surface area contributed by atoms with Crippen LogP contribution in [-0.4, -0.2) is 77.3 Å². The van der Waals surface area contributed by atoms with E-state index in [1.807, 2.05) is 18.2 Å². The zero-order valence-corrected chi connectivity index (χ0v) is 35.5. The molecule has 7 unspecified atom stereocenters. The number of aryl methyl sites for hydroxylation is 4. The molecular weight excluding hydrogens is 733 g/mol. The van der Waals surface area contributed by atoms with Crippen molar-refractivity contribution < 1.29 is 29.6 Å². The number of guanidine groups is 1. The van der Waals surface area contributed by atoms with Crippen molar-refractivity contribution >= 4 is 5.96 Å². The molecule has 5 rings (SSSR count). The number of nitrogens with one attached hydrogen (secondary N) is 3. The van der Waals surface area contributed by atoms with Crippen LogP contribution in [0.1, 0.15) is 136 Å². The van der Waals surface area contributed by atoms with Crippen LogP contribution in [0.5, 0.6) is 11.5 Å². The first-order chi connectivity index (χ1) is 28.1. The fourth-order valence-corrected chi connectivity index (χ4v) is 9.43. The summed E-state index contributed by atoms with van der Waals surface area (Å²) in [5, 5.41) is 48.5. The molecule has 0 radical (unpaired) electrons. The molecule has 12 heteroatoms. The Bertz CT molecular complexity index is 1690. The molecule has 11 N–H and O–H groups in total. The third-order valence-corrected chi connectivity index (χ3v) is 12.7. The molecule has 2 aliphatic rings. The number of aliphatic hydroxyl groups is 3. The van der Waals surface area contributed by atoms with Crippen molar-refractivity contribution in [1.29, 1.82) is 0 Å². The van der Waals surface area contributed by atoms with Crippen molar-refractivity contribution in [2.45, 2.75) is 135 Å². The predicted molar refractivity (Wildman–Crippen MR) is 231 cm³/mol. The van der Waals surface area contributed by atoms with Gasteiger partial charge in [-0.2, -0.15) is 0 Å². The molecule has 0 amide bonds. The summed E-state index contributed by atoms with van der Waals surface area (Å²) in [7, 11) is 1.69. The van der Waals surface area contributed by atoms with Crippen LogP contribution >= 0.6 is 0 Å². The fraction of sp³-hybridized carbons (Fsp3) is 0.674. The van der Waals surface area contributed by atoms with Gasteiger partial charge in [0.15, 0.2) is 17.5 Å². The topological polar surface area (TPSA) is 208 Å². The number of aromatic amines is 1. The highest BCUT2D eigenvalue weighted by molar-refractivity contribution is 5.77. The Labute approximate surface area is 346 Å². The summed E-state index contributed by atoms with van der Waals surface area (Å²) in [5.74, 6) is 5.36. The van der Waals surface area contributed by atoms with Crippen molar-refractivity contribution in [2.75, 3.05) is 39.8 Å². The molecule has 2 aromatic heterocycles. The van der Waals surface area contributed by atoms with Gasteiger partial charge in [-0.1, -0.05) is 51.5 Å². The molecule has 0 spiro atoms. The van der Waals surface area contributed by atoms with Gasteiger partial charge in [0.25, 0.3) is 0 Å². The Morgan fingerprint density at radius 3 is 2.60 bits per heavy atom. The van der Waals surface area contributed by atoms with Crippen LogP contribution in [0.15, 0.2) is 39.7 Å². The summed E-state index contributed by atoms with van der Waals surface area (Å²) in [6, 6.07) is 9.44. The minimum absolute atomic E-state index is 0.00382. The van der Waals surface area contributed by atoms with Crippen LogP contribution in [0.3, 0.4) is 0 Å². The lowest BCUT2D eigenvalue weighted by Crippen LogP contribution is -2.34. The van der Waals surface area contributed by atoms with Crippen molar-refractivity contribution in [3.63, 3.8) is 0 Å². The molecule has 7 atom stereocenters. The van der Waals surface area contributed by atoms with Crippen LogP contribution in [0, 0.1) is 23.7 Å². The molecule has 324 valence electrons. The number of ether oxygens (including phenoxy) is 1.